The number of para-hydroxylation sites is 2. The van der Waals surface area contributed by atoms with Gasteiger partial charge >= 0.3 is 0 Å². The van der Waals surface area contributed by atoms with E-state index in [0.29, 0.717) is 67.0 Å². The average Bonchev–Trinajstić information content (AvgIpc) is 3.80. The van der Waals surface area contributed by atoms with Gasteiger partial charge in [-0.05, 0) is 128 Å². The Kier molecular flexibility index (Phi) is 13.4. The zero-order valence-electron chi connectivity index (χ0n) is 38.7. The van der Waals surface area contributed by atoms with Crippen molar-refractivity contribution < 1.29 is 33.3 Å². The van der Waals surface area contributed by atoms with E-state index in [2.05, 4.69) is 56.0 Å². The lowest BCUT2D eigenvalue weighted by atomic mass is 9.99. The van der Waals surface area contributed by atoms with Crippen molar-refractivity contribution in [3.8, 4) is 17.2 Å². The topological polar surface area (TPSA) is 102 Å². The Morgan fingerprint density at radius 3 is 2.12 bits per heavy atom. The zero-order valence-corrected chi connectivity index (χ0v) is 39.6. The van der Waals surface area contributed by atoms with Crippen molar-refractivity contribution in [2.45, 2.75) is 89.8 Å². The number of carbonyl (C=O) groups excluding carboxylic acids is 2. The van der Waals surface area contributed by atoms with Crippen molar-refractivity contribution in [1.82, 2.24) is 0 Å². The highest BCUT2D eigenvalue weighted by Gasteiger charge is 2.38. The summed E-state index contributed by atoms with van der Waals surface area (Å²) < 4.78 is 30.5. The maximum Gasteiger partial charge on any atom is 0.261 e. The predicted octanol–water partition coefficient (Wildman–Crippen LogP) is 9.92. The van der Waals surface area contributed by atoms with Gasteiger partial charge in [0.25, 0.3) is 11.8 Å². The number of methoxy groups -OCH3 is 1. The number of ether oxygens (including phenoxy) is 5. The van der Waals surface area contributed by atoms with Crippen LogP contribution in [0.4, 0.5) is 22.7 Å². The van der Waals surface area contributed by atoms with Crippen LogP contribution >= 0.6 is 12.6 Å². The van der Waals surface area contributed by atoms with Gasteiger partial charge in [-0.2, -0.15) is 12.6 Å². The molecule has 0 aliphatic carbocycles. The van der Waals surface area contributed by atoms with Crippen LogP contribution in [0.2, 0.25) is 0 Å². The summed E-state index contributed by atoms with van der Waals surface area (Å²) in [6.07, 6.45) is 6.06. The molecule has 0 saturated heterocycles. The Morgan fingerprint density at radius 2 is 1.41 bits per heavy atom. The number of aryl methyl sites for hydroxylation is 2. The van der Waals surface area contributed by atoms with E-state index in [0.717, 1.165) is 83.6 Å². The third-order valence-electron chi connectivity index (χ3n) is 12.8. The lowest BCUT2D eigenvalue weighted by molar-refractivity contribution is 0.0505. The number of benzene rings is 5. The Morgan fingerprint density at radius 1 is 0.742 bits per heavy atom. The summed E-state index contributed by atoms with van der Waals surface area (Å²) in [6.45, 7) is 12.4. The molecule has 0 spiro atoms. The summed E-state index contributed by atoms with van der Waals surface area (Å²) in [5, 5.41) is 0. The maximum absolute atomic E-state index is 14.2. The quantitative estimate of drug-likeness (QED) is 0.0686. The molecule has 12 heteroatoms. The molecule has 0 unspecified atom stereocenters. The minimum absolute atomic E-state index is 0.00135. The Balaban J connectivity index is 0.982. The SMILES string of the molecule is CCCOCCOCCN(CC(C)(C)S)c1cc(COc2cc3c(cc2C)C(=O)N2c4ccccc4C[C@H]2C=N3)cc(COc2cc3c(cc2OC)C(=O)N2c4ccccc4C[C@H]2CC3)c1. The number of amides is 2. The fourth-order valence-electron chi connectivity index (χ4n) is 9.72. The molecule has 0 saturated carbocycles. The molecule has 0 aromatic heterocycles. The highest BCUT2D eigenvalue weighted by molar-refractivity contribution is 7.81. The van der Waals surface area contributed by atoms with Crippen molar-refractivity contribution in [3.05, 3.63) is 136 Å². The molecule has 4 aliphatic rings. The highest BCUT2D eigenvalue weighted by atomic mass is 32.1. The van der Waals surface area contributed by atoms with E-state index in [1.807, 2.05) is 83.6 Å². The number of hydrogen-bond donors (Lipinski definition) is 1. The van der Waals surface area contributed by atoms with E-state index in [9.17, 15) is 9.59 Å². The van der Waals surface area contributed by atoms with Crippen LogP contribution in [0.15, 0.2) is 96.0 Å². The Bertz CT molecular complexity index is 2640. The highest BCUT2D eigenvalue weighted by Crippen LogP contribution is 2.42. The molecule has 4 aliphatic heterocycles. The largest absolute Gasteiger partial charge is 0.493 e. The predicted molar refractivity (Wildman–Crippen MR) is 264 cm³/mol. The van der Waals surface area contributed by atoms with E-state index >= 15 is 0 Å². The van der Waals surface area contributed by atoms with Gasteiger partial charge in [0.05, 0.1) is 44.2 Å². The van der Waals surface area contributed by atoms with Crippen molar-refractivity contribution >= 4 is 53.4 Å². The van der Waals surface area contributed by atoms with Gasteiger partial charge in [0.2, 0.25) is 0 Å². The van der Waals surface area contributed by atoms with Gasteiger partial charge in [-0.15, -0.1) is 0 Å². The number of anilines is 3. The summed E-state index contributed by atoms with van der Waals surface area (Å²) >= 11 is 4.96. The molecule has 5 aromatic rings. The number of rotatable bonds is 18. The van der Waals surface area contributed by atoms with Crippen LogP contribution in [-0.2, 0) is 41.9 Å². The molecule has 66 heavy (non-hydrogen) atoms. The van der Waals surface area contributed by atoms with Gasteiger partial charge in [0.1, 0.15) is 19.0 Å². The second kappa shape index (κ2) is 19.6. The minimum atomic E-state index is -0.314. The molecular formula is C54H60N4O7S. The Labute approximate surface area is 394 Å². The third-order valence-corrected chi connectivity index (χ3v) is 12.9. The Hall–Kier alpha value is -5.82. The number of carbonyl (C=O) groups is 2. The van der Waals surface area contributed by atoms with Crippen LogP contribution in [0.3, 0.4) is 0 Å². The molecule has 2 atom stereocenters. The molecule has 344 valence electrons. The summed E-state index contributed by atoms with van der Waals surface area (Å²) in [4.78, 5) is 39.2. The first-order chi connectivity index (χ1) is 32.0. The van der Waals surface area contributed by atoms with E-state index in [4.69, 9.17) is 41.3 Å². The standard InChI is InChI=1S/C54H60N4O7S/c1-6-18-62-20-21-63-19-17-56(34-54(3,4)66)42-24-36(32-64-49-30-46-45(22-35(49)2)53(60)58-43(31-55-46)27-40-12-8-10-14-48(40)58)23-37(25-42)33-65-51-28-38-15-16-41-26-39-11-7-9-13-47(39)57(41)52(59)44(38)29-50(51)61-5/h7-14,22-25,28-31,41,43,66H,6,15-21,26-27,32-34H2,1-5H3/t41-,43+/m1/s1. The number of fused-ring (bicyclic) bond motifs is 8. The molecule has 9 rings (SSSR count). The fraction of sp³-hybridized carbons (Fsp3) is 0.389. The summed E-state index contributed by atoms with van der Waals surface area (Å²) in [7, 11) is 1.61. The van der Waals surface area contributed by atoms with E-state index < -0.39 is 0 Å². The molecule has 0 N–H and O–H groups in total. The van der Waals surface area contributed by atoms with Gasteiger partial charge in [-0.1, -0.05) is 43.3 Å². The first-order valence-corrected chi connectivity index (χ1v) is 23.7. The first-order valence-electron chi connectivity index (χ1n) is 23.2. The van der Waals surface area contributed by atoms with Gasteiger partial charge < -0.3 is 33.5 Å². The lowest BCUT2D eigenvalue weighted by Crippen LogP contribution is -2.37. The van der Waals surface area contributed by atoms with E-state index in [1.54, 1.807) is 7.11 Å². The molecule has 0 fully saturated rings. The van der Waals surface area contributed by atoms with Crippen LogP contribution in [0.1, 0.15) is 87.7 Å². The van der Waals surface area contributed by atoms with Gasteiger partial charge in [0, 0.05) is 71.8 Å². The molecule has 5 aromatic carbocycles. The van der Waals surface area contributed by atoms with Crippen molar-refractivity contribution in [2.75, 3.05) is 61.3 Å². The fourth-order valence-corrected chi connectivity index (χ4v) is 9.89. The summed E-state index contributed by atoms with van der Waals surface area (Å²) in [6, 6.07) is 30.3. The minimum Gasteiger partial charge on any atom is -0.493 e. The number of nitrogens with zero attached hydrogens (tertiary/aromatic N) is 4. The molecular weight excluding hydrogens is 849 g/mol. The third kappa shape index (κ3) is 9.68. The van der Waals surface area contributed by atoms with Gasteiger partial charge in [0.15, 0.2) is 11.5 Å². The zero-order chi connectivity index (χ0) is 46.0. The number of hydrogen-bond acceptors (Lipinski definition) is 10. The lowest BCUT2D eigenvalue weighted by Gasteiger charge is -2.32. The smallest absolute Gasteiger partial charge is 0.261 e. The van der Waals surface area contributed by atoms with Gasteiger partial charge in [-0.3, -0.25) is 19.5 Å². The number of aliphatic imine (C=N–C) groups is 1. The van der Waals surface area contributed by atoms with Crippen LogP contribution in [0, 0.1) is 6.92 Å². The van der Waals surface area contributed by atoms with E-state index in [-0.39, 0.29) is 41.9 Å². The second-order valence-corrected chi connectivity index (χ2v) is 19.6. The molecule has 0 bridgehead atoms. The second-order valence-electron chi connectivity index (χ2n) is 18.4. The molecule has 11 nitrogen and oxygen atoms in total. The molecule has 0 radical (unpaired) electrons. The van der Waals surface area contributed by atoms with Crippen LogP contribution in [0.5, 0.6) is 17.2 Å². The average molecular weight is 909 g/mol. The van der Waals surface area contributed by atoms with Crippen molar-refractivity contribution in [3.63, 3.8) is 0 Å². The number of thiol groups is 1. The van der Waals surface area contributed by atoms with E-state index in [1.165, 1.54) is 5.56 Å². The normalized spacial score (nSPS) is 17.0. The summed E-state index contributed by atoms with van der Waals surface area (Å²) in [5.74, 6) is 1.69. The van der Waals surface area contributed by atoms with Crippen LogP contribution in [-0.4, -0.2) is 81.5 Å². The molecule has 4 heterocycles. The summed E-state index contributed by atoms with van der Waals surface area (Å²) in [5.41, 5.74) is 10.8. The monoisotopic (exact) mass is 908 g/mol. The van der Waals surface area contributed by atoms with Gasteiger partial charge in [-0.25, -0.2) is 0 Å². The first kappa shape index (κ1) is 45.3. The molecule has 2 amide bonds. The van der Waals surface area contributed by atoms with Crippen LogP contribution in [0.25, 0.3) is 0 Å². The van der Waals surface area contributed by atoms with Crippen molar-refractivity contribution in [2.24, 2.45) is 4.99 Å². The van der Waals surface area contributed by atoms with Crippen molar-refractivity contribution in [1.29, 1.82) is 0 Å². The maximum atomic E-state index is 14.2. The van der Waals surface area contributed by atoms with Crippen LogP contribution < -0.4 is 28.9 Å².